The van der Waals surface area contributed by atoms with Crippen molar-refractivity contribution in [2.75, 3.05) is 7.11 Å². The zero-order chi connectivity index (χ0) is 18.2. The van der Waals surface area contributed by atoms with Crippen LogP contribution in [0.25, 0.3) is 0 Å². The number of methoxy groups -OCH3 is 1. The maximum atomic E-state index is 13.1. The van der Waals surface area contributed by atoms with Gasteiger partial charge in [0.25, 0.3) is 0 Å². The van der Waals surface area contributed by atoms with Crippen molar-refractivity contribution in [1.29, 1.82) is 0 Å². The quantitative estimate of drug-likeness (QED) is 0.553. The Morgan fingerprint density at radius 1 is 0.808 bits per heavy atom. The van der Waals surface area contributed by atoms with Crippen molar-refractivity contribution in [1.82, 2.24) is 0 Å². The van der Waals surface area contributed by atoms with Crippen LogP contribution in [0.2, 0.25) is 0 Å². The Balaban J connectivity index is 1.98. The van der Waals surface area contributed by atoms with E-state index in [9.17, 15) is 4.79 Å². The van der Waals surface area contributed by atoms with Crippen molar-refractivity contribution in [3.63, 3.8) is 0 Å². The van der Waals surface area contributed by atoms with E-state index in [-0.39, 0.29) is 5.97 Å². The Hall–Kier alpha value is -2.39. The highest BCUT2D eigenvalue weighted by Crippen LogP contribution is 2.69. The van der Waals surface area contributed by atoms with Crippen molar-refractivity contribution >= 4 is 21.9 Å². The average molecular weight is 407 g/mol. The van der Waals surface area contributed by atoms with E-state index in [0.717, 1.165) is 21.2 Å². The summed E-state index contributed by atoms with van der Waals surface area (Å²) in [4.78, 5) is 13.1. The summed E-state index contributed by atoms with van der Waals surface area (Å²) in [5.41, 5.74) is 2.13. The molecule has 0 saturated heterocycles. The van der Waals surface area contributed by atoms with Gasteiger partial charge in [-0.15, -0.1) is 0 Å². The summed E-state index contributed by atoms with van der Waals surface area (Å²) in [6.07, 6.45) is 0.697. The topological polar surface area (TPSA) is 26.3 Å². The summed E-state index contributed by atoms with van der Waals surface area (Å²) >= 11 is 3.49. The van der Waals surface area contributed by atoms with Gasteiger partial charge >= 0.3 is 5.97 Å². The molecule has 3 aromatic rings. The maximum absolute atomic E-state index is 13.1. The Morgan fingerprint density at radius 2 is 1.31 bits per heavy atom. The lowest BCUT2D eigenvalue weighted by atomic mass is 9.77. The molecule has 1 fully saturated rings. The van der Waals surface area contributed by atoms with Crippen LogP contribution in [0.1, 0.15) is 23.1 Å². The molecule has 1 saturated carbocycles. The summed E-state index contributed by atoms with van der Waals surface area (Å²) in [7, 11) is 1.47. The molecule has 1 aliphatic rings. The highest BCUT2D eigenvalue weighted by molar-refractivity contribution is 9.10. The zero-order valence-electron chi connectivity index (χ0n) is 14.5. The first-order valence-corrected chi connectivity index (χ1v) is 9.40. The molecule has 0 bridgehead atoms. The molecule has 3 aromatic carbocycles. The molecule has 1 atom stereocenters. The predicted octanol–water partition coefficient (Wildman–Crippen LogP) is 5.25. The number of benzene rings is 3. The number of halogens is 1. The minimum absolute atomic E-state index is 0.187. The third-order valence-electron chi connectivity index (χ3n) is 5.54. The van der Waals surface area contributed by atoms with E-state index >= 15 is 0 Å². The van der Waals surface area contributed by atoms with Crippen molar-refractivity contribution in [3.8, 4) is 0 Å². The van der Waals surface area contributed by atoms with E-state index < -0.39 is 10.8 Å². The molecule has 0 spiro atoms. The molecule has 4 rings (SSSR count). The number of carbonyl (C=O) groups is 1. The molecule has 0 aliphatic heterocycles. The van der Waals surface area contributed by atoms with Crippen LogP contribution in [0.4, 0.5) is 0 Å². The number of rotatable bonds is 4. The minimum atomic E-state index is -0.717. The van der Waals surface area contributed by atoms with E-state index in [4.69, 9.17) is 4.74 Å². The van der Waals surface area contributed by atoms with E-state index in [2.05, 4.69) is 40.2 Å². The van der Waals surface area contributed by atoms with Gasteiger partial charge in [-0.05, 0) is 35.2 Å². The summed E-state index contributed by atoms with van der Waals surface area (Å²) in [6.45, 7) is 0. The molecule has 26 heavy (non-hydrogen) atoms. The Kier molecular flexibility index (Phi) is 4.20. The smallest absolute Gasteiger partial charge is 0.317 e. The van der Waals surface area contributed by atoms with Gasteiger partial charge in [-0.2, -0.15) is 0 Å². The predicted molar refractivity (Wildman–Crippen MR) is 106 cm³/mol. The van der Waals surface area contributed by atoms with Gasteiger partial charge in [0.15, 0.2) is 0 Å². The molecule has 0 N–H and O–H groups in total. The summed E-state index contributed by atoms with van der Waals surface area (Å²) in [5, 5.41) is 0. The van der Waals surface area contributed by atoms with E-state index in [1.54, 1.807) is 0 Å². The van der Waals surface area contributed by atoms with Crippen LogP contribution < -0.4 is 0 Å². The molecule has 0 unspecified atom stereocenters. The van der Waals surface area contributed by atoms with Gasteiger partial charge in [-0.25, -0.2) is 0 Å². The number of hydrogen-bond donors (Lipinski definition) is 0. The van der Waals surface area contributed by atoms with E-state index in [1.807, 2.05) is 60.7 Å². The van der Waals surface area contributed by atoms with Crippen molar-refractivity contribution in [3.05, 3.63) is 106 Å². The van der Waals surface area contributed by atoms with Crippen LogP contribution in [0.5, 0.6) is 0 Å². The molecule has 0 heterocycles. The SMILES string of the molecule is COC(=O)[C@@]1(c2ccc(Br)cc2)CC1(c1ccccc1)c1ccccc1. The molecule has 2 nitrogen and oxygen atoms in total. The highest BCUT2D eigenvalue weighted by atomic mass is 79.9. The van der Waals surface area contributed by atoms with Gasteiger partial charge in [0.1, 0.15) is 5.41 Å². The Morgan fingerprint density at radius 3 is 1.77 bits per heavy atom. The highest BCUT2D eigenvalue weighted by Gasteiger charge is 2.74. The second-order valence-electron chi connectivity index (χ2n) is 6.72. The molecular formula is C23H19BrO2. The van der Waals surface area contributed by atoms with Crippen LogP contribution in [0, 0.1) is 0 Å². The molecule has 0 radical (unpaired) electrons. The standard InChI is InChI=1S/C23H19BrO2/c1-26-21(25)23(19-12-14-20(24)15-13-19)16-22(23,17-8-4-2-5-9-17)18-10-6-3-7-11-18/h2-15H,16H2,1H3/t23-/m0/s1. The average Bonchev–Trinajstić information content (AvgIpc) is 3.42. The fourth-order valence-electron chi connectivity index (χ4n) is 4.28. The Bertz CT molecular complexity index is 880. The number of ether oxygens (including phenoxy) is 1. The molecule has 0 aromatic heterocycles. The second-order valence-corrected chi connectivity index (χ2v) is 7.63. The fraction of sp³-hybridized carbons (Fsp3) is 0.174. The van der Waals surface area contributed by atoms with Gasteiger partial charge in [-0.3, -0.25) is 4.79 Å². The number of carbonyl (C=O) groups excluding carboxylic acids is 1. The molecular weight excluding hydrogens is 388 g/mol. The van der Waals surface area contributed by atoms with E-state index in [0.29, 0.717) is 6.42 Å². The van der Waals surface area contributed by atoms with Crippen molar-refractivity contribution in [2.24, 2.45) is 0 Å². The van der Waals surface area contributed by atoms with Crippen molar-refractivity contribution < 1.29 is 9.53 Å². The fourth-order valence-corrected chi connectivity index (χ4v) is 4.55. The van der Waals surface area contributed by atoms with Crippen molar-refractivity contribution in [2.45, 2.75) is 17.3 Å². The van der Waals surface area contributed by atoms with Gasteiger partial charge in [-0.1, -0.05) is 88.7 Å². The first-order chi connectivity index (χ1) is 12.6. The third-order valence-corrected chi connectivity index (χ3v) is 6.07. The summed E-state index contributed by atoms with van der Waals surface area (Å²) in [6, 6.07) is 28.6. The maximum Gasteiger partial charge on any atom is 0.317 e. The zero-order valence-corrected chi connectivity index (χ0v) is 16.1. The second kappa shape index (κ2) is 6.40. The lowest BCUT2D eigenvalue weighted by Crippen LogP contribution is -2.32. The van der Waals surface area contributed by atoms with Crippen LogP contribution in [0.15, 0.2) is 89.4 Å². The largest absolute Gasteiger partial charge is 0.468 e. The molecule has 3 heteroatoms. The minimum Gasteiger partial charge on any atom is -0.468 e. The Labute approximate surface area is 162 Å². The third kappa shape index (κ3) is 2.34. The monoisotopic (exact) mass is 406 g/mol. The van der Waals surface area contributed by atoms with Crippen LogP contribution in [-0.4, -0.2) is 13.1 Å². The van der Waals surface area contributed by atoms with Gasteiger partial charge in [0, 0.05) is 9.89 Å². The molecule has 130 valence electrons. The van der Waals surface area contributed by atoms with Crippen LogP contribution in [-0.2, 0) is 20.4 Å². The molecule has 1 aliphatic carbocycles. The molecule has 0 amide bonds. The lowest BCUT2D eigenvalue weighted by Gasteiger charge is -2.26. The summed E-state index contributed by atoms with van der Waals surface area (Å²) < 4.78 is 6.30. The first-order valence-electron chi connectivity index (χ1n) is 8.61. The first kappa shape index (κ1) is 17.0. The lowest BCUT2D eigenvalue weighted by molar-refractivity contribution is -0.144. The van der Waals surface area contributed by atoms with Crippen LogP contribution in [0.3, 0.4) is 0 Å². The van der Waals surface area contributed by atoms with Gasteiger partial charge < -0.3 is 4.74 Å². The number of hydrogen-bond acceptors (Lipinski definition) is 2. The van der Waals surface area contributed by atoms with Gasteiger partial charge in [0.05, 0.1) is 7.11 Å². The van der Waals surface area contributed by atoms with Crippen LogP contribution >= 0.6 is 15.9 Å². The van der Waals surface area contributed by atoms with E-state index in [1.165, 1.54) is 7.11 Å². The van der Waals surface area contributed by atoms with Gasteiger partial charge in [0.2, 0.25) is 0 Å². The number of esters is 1. The summed E-state index contributed by atoms with van der Waals surface area (Å²) in [5.74, 6) is -0.187. The normalized spacial score (nSPS) is 20.4.